The second kappa shape index (κ2) is 17.4. The fourth-order valence-corrected chi connectivity index (χ4v) is 5.33. The van der Waals surface area contributed by atoms with Gasteiger partial charge in [0.1, 0.15) is 18.5 Å². The van der Waals surface area contributed by atoms with Crippen molar-refractivity contribution in [1.82, 2.24) is 0 Å². The summed E-state index contributed by atoms with van der Waals surface area (Å²) < 4.78 is 40.5. The molecule has 1 heterocycles. The van der Waals surface area contributed by atoms with E-state index in [1.165, 1.54) is 60.7 Å². The molecule has 0 N–H and O–H groups in total. The van der Waals surface area contributed by atoms with Crippen LogP contribution in [0.25, 0.3) is 0 Å². The minimum Gasteiger partial charge on any atom is -0.459 e. The summed E-state index contributed by atoms with van der Waals surface area (Å²) in [4.78, 5) is 67.1. The van der Waals surface area contributed by atoms with E-state index < -0.39 is 67.3 Å². The Kier molecular flexibility index (Phi) is 11.8. The predicted octanol–water partition coefficient (Wildman–Crippen LogP) is 6.46. The molecule has 0 spiro atoms. The molecule has 0 saturated carbocycles. The molecule has 1 aliphatic rings. The van der Waals surface area contributed by atoms with E-state index in [0.717, 1.165) is 0 Å². The Morgan fingerprint density at radius 3 is 1.26 bits per heavy atom. The Balaban J connectivity index is 1.40. The molecule has 268 valence electrons. The predicted molar refractivity (Wildman–Crippen MR) is 186 cm³/mol. The lowest BCUT2D eigenvalue weighted by Crippen LogP contribution is -2.63. The first kappa shape index (κ1) is 36.0. The lowest BCUT2D eigenvalue weighted by atomic mass is 9.97. The molecule has 1 saturated heterocycles. The Bertz CT molecular complexity index is 1990. The number of esters is 4. The van der Waals surface area contributed by atoms with Gasteiger partial charge in [0, 0.05) is 0 Å². The Morgan fingerprint density at radius 1 is 0.434 bits per heavy atom. The van der Waals surface area contributed by atoms with Crippen LogP contribution in [0, 0.1) is 0 Å². The third-order valence-electron chi connectivity index (χ3n) is 7.89. The SMILES string of the molecule is O=C(Oc1ccccc1)O[C@@H]1O[C@H](COC(=O)c2ccccc2)[C@@H](OC(=O)c2ccccc2)[C@H](OC(=O)c2ccccc2)[C@H]1OC(=O)c1ccccc1. The highest BCUT2D eigenvalue weighted by atomic mass is 16.8. The smallest absolute Gasteiger partial charge is 0.459 e. The highest BCUT2D eigenvalue weighted by molar-refractivity contribution is 5.91. The topological polar surface area (TPSA) is 150 Å². The molecule has 5 atom stereocenters. The molecular weight excluding hydrogens is 684 g/mol. The van der Waals surface area contributed by atoms with E-state index >= 15 is 0 Å². The normalized spacial score (nSPS) is 19.1. The van der Waals surface area contributed by atoms with Crippen LogP contribution in [0.3, 0.4) is 0 Å². The highest BCUT2D eigenvalue weighted by Crippen LogP contribution is 2.32. The number of hydrogen-bond donors (Lipinski definition) is 0. The molecule has 0 radical (unpaired) electrons. The quantitative estimate of drug-likeness (QED) is 0.0839. The zero-order valence-corrected chi connectivity index (χ0v) is 27.9. The molecule has 0 aliphatic carbocycles. The molecule has 1 fully saturated rings. The molecule has 5 aromatic carbocycles. The summed E-state index contributed by atoms with van der Waals surface area (Å²) in [5.41, 5.74) is 0.543. The molecule has 12 nitrogen and oxygen atoms in total. The van der Waals surface area contributed by atoms with Crippen LogP contribution >= 0.6 is 0 Å². The van der Waals surface area contributed by atoms with Gasteiger partial charge in [-0.3, -0.25) is 0 Å². The van der Waals surface area contributed by atoms with Crippen molar-refractivity contribution in [3.8, 4) is 5.75 Å². The summed E-state index contributed by atoms with van der Waals surface area (Å²) in [6.45, 7) is -0.590. The number of ether oxygens (including phenoxy) is 7. The van der Waals surface area contributed by atoms with Crippen molar-refractivity contribution >= 4 is 30.0 Å². The number of para-hydroxylation sites is 1. The van der Waals surface area contributed by atoms with Crippen molar-refractivity contribution in [3.63, 3.8) is 0 Å². The minimum atomic E-state index is -1.85. The molecule has 5 aromatic rings. The molecule has 53 heavy (non-hydrogen) atoms. The molecule has 0 unspecified atom stereocenters. The third kappa shape index (κ3) is 9.51. The number of rotatable bonds is 11. The zero-order chi connectivity index (χ0) is 37.0. The van der Waals surface area contributed by atoms with Gasteiger partial charge in [-0.25, -0.2) is 24.0 Å². The van der Waals surface area contributed by atoms with Crippen molar-refractivity contribution in [2.24, 2.45) is 0 Å². The summed E-state index contributed by atoms with van der Waals surface area (Å²) in [5, 5.41) is 0. The van der Waals surface area contributed by atoms with Gasteiger partial charge < -0.3 is 33.2 Å². The second-order valence-electron chi connectivity index (χ2n) is 11.5. The van der Waals surface area contributed by atoms with E-state index in [1.54, 1.807) is 91.0 Å². The molecule has 0 amide bonds. The highest BCUT2D eigenvalue weighted by Gasteiger charge is 2.55. The number of carbonyl (C=O) groups excluding carboxylic acids is 5. The van der Waals surface area contributed by atoms with E-state index in [4.69, 9.17) is 33.2 Å². The van der Waals surface area contributed by atoms with Crippen LogP contribution < -0.4 is 4.74 Å². The van der Waals surface area contributed by atoms with E-state index in [0.29, 0.717) is 0 Å². The standard InChI is InChI=1S/C41H32O12/c42-36(27-16-6-1-7-17-27)47-26-32-33(50-37(43)28-18-8-2-9-19-28)34(51-38(44)29-20-10-3-11-21-29)35(52-39(45)30-22-12-4-13-23-30)40(49-32)53-41(46)48-31-24-14-5-15-25-31/h1-25,32-35,40H,26H2/t32-,33-,34+,35-,40+/m1/s1. The average molecular weight is 717 g/mol. The Labute approximate surface area is 303 Å². The van der Waals surface area contributed by atoms with Crippen molar-refractivity contribution in [1.29, 1.82) is 0 Å². The fraction of sp³-hybridized carbons (Fsp3) is 0.146. The zero-order valence-electron chi connectivity index (χ0n) is 27.9. The minimum absolute atomic E-state index is 0.1000. The van der Waals surface area contributed by atoms with Gasteiger partial charge in [-0.1, -0.05) is 91.0 Å². The van der Waals surface area contributed by atoms with Gasteiger partial charge in [-0.05, 0) is 60.7 Å². The summed E-state index contributed by atoms with van der Waals surface area (Å²) in [5.74, 6) is -3.30. The van der Waals surface area contributed by atoms with E-state index in [-0.39, 0.29) is 28.0 Å². The maximum Gasteiger partial charge on any atom is 0.516 e. The largest absolute Gasteiger partial charge is 0.516 e. The number of hydrogen-bond acceptors (Lipinski definition) is 12. The van der Waals surface area contributed by atoms with Gasteiger partial charge in [0.15, 0.2) is 12.2 Å². The van der Waals surface area contributed by atoms with Crippen LogP contribution in [-0.2, 0) is 28.4 Å². The number of carbonyl (C=O) groups is 5. The van der Waals surface area contributed by atoms with Crippen LogP contribution in [-0.4, -0.2) is 67.3 Å². The Hall–Kier alpha value is -6.79. The van der Waals surface area contributed by atoms with E-state index in [9.17, 15) is 24.0 Å². The van der Waals surface area contributed by atoms with Gasteiger partial charge in [-0.2, -0.15) is 0 Å². The molecule has 12 heteroatoms. The molecular formula is C41H32O12. The summed E-state index contributed by atoms with van der Waals surface area (Å²) in [6, 6.07) is 39.8. The third-order valence-corrected chi connectivity index (χ3v) is 7.89. The molecule has 6 rings (SSSR count). The molecule has 0 aromatic heterocycles. The van der Waals surface area contributed by atoms with E-state index in [1.807, 2.05) is 0 Å². The average Bonchev–Trinajstić information content (AvgIpc) is 3.20. The maximum absolute atomic E-state index is 13.7. The molecule has 1 aliphatic heterocycles. The van der Waals surface area contributed by atoms with Crippen LogP contribution in [0.15, 0.2) is 152 Å². The van der Waals surface area contributed by atoms with Gasteiger partial charge >= 0.3 is 30.0 Å². The van der Waals surface area contributed by atoms with Crippen LogP contribution in [0.2, 0.25) is 0 Å². The lowest BCUT2D eigenvalue weighted by molar-refractivity contribution is -0.284. The van der Waals surface area contributed by atoms with Crippen molar-refractivity contribution in [2.75, 3.05) is 6.61 Å². The Morgan fingerprint density at radius 2 is 0.811 bits per heavy atom. The monoisotopic (exact) mass is 716 g/mol. The van der Waals surface area contributed by atoms with Crippen LogP contribution in [0.4, 0.5) is 4.79 Å². The van der Waals surface area contributed by atoms with Crippen LogP contribution in [0.1, 0.15) is 41.4 Å². The van der Waals surface area contributed by atoms with Gasteiger partial charge in [0.05, 0.1) is 22.3 Å². The van der Waals surface area contributed by atoms with Gasteiger partial charge in [0.2, 0.25) is 12.4 Å². The fourth-order valence-electron chi connectivity index (χ4n) is 5.33. The maximum atomic E-state index is 13.7. The van der Waals surface area contributed by atoms with Crippen molar-refractivity contribution < 1.29 is 57.1 Å². The number of benzene rings is 5. The molecule has 0 bridgehead atoms. The lowest BCUT2D eigenvalue weighted by Gasteiger charge is -2.43. The van der Waals surface area contributed by atoms with Gasteiger partial charge in [0.25, 0.3) is 0 Å². The summed E-state index contributed by atoms with van der Waals surface area (Å²) in [6.07, 6.45) is -9.63. The second-order valence-corrected chi connectivity index (χ2v) is 11.5. The van der Waals surface area contributed by atoms with Crippen molar-refractivity contribution in [3.05, 3.63) is 174 Å². The first-order valence-electron chi connectivity index (χ1n) is 16.4. The van der Waals surface area contributed by atoms with E-state index in [2.05, 4.69) is 0 Å². The van der Waals surface area contributed by atoms with Gasteiger partial charge in [-0.15, -0.1) is 0 Å². The first-order chi connectivity index (χ1) is 25.9. The summed E-state index contributed by atoms with van der Waals surface area (Å²) in [7, 11) is 0. The first-order valence-corrected chi connectivity index (χ1v) is 16.4. The van der Waals surface area contributed by atoms with Crippen LogP contribution in [0.5, 0.6) is 5.75 Å². The van der Waals surface area contributed by atoms with Crippen molar-refractivity contribution in [2.45, 2.75) is 30.7 Å². The summed E-state index contributed by atoms with van der Waals surface area (Å²) >= 11 is 0.